The third-order valence-corrected chi connectivity index (χ3v) is 2.52. The second kappa shape index (κ2) is 4.70. The number of nitrogen functional groups attached to an aromatic ring is 1. The van der Waals surface area contributed by atoms with Crippen molar-refractivity contribution in [3.63, 3.8) is 0 Å². The van der Waals surface area contributed by atoms with E-state index in [1.165, 1.54) is 6.33 Å². The number of amides is 1. The molecule has 0 spiro atoms. The summed E-state index contributed by atoms with van der Waals surface area (Å²) < 4.78 is 0. The maximum Gasteiger partial charge on any atom is 0.248 e. The first-order valence-corrected chi connectivity index (χ1v) is 5.32. The zero-order valence-corrected chi connectivity index (χ0v) is 9.84. The minimum Gasteiger partial charge on any atom is -0.394 e. The van der Waals surface area contributed by atoms with Crippen LogP contribution in [0.2, 0.25) is 0 Å². The van der Waals surface area contributed by atoms with Crippen LogP contribution in [0.3, 0.4) is 0 Å². The van der Waals surface area contributed by atoms with Gasteiger partial charge in [-0.2, -0.15) is 0 Å². The van der Waals surface area contributed by atoms with E-state index in [9.17, 15) is 4.79 Å². The highest BCUT2D eigenvalue weighted by atomic mass is 16.1. The third-order valence-electron chi connectivity index (χ3n) is 2.52. The molecule has 0 saturated carbocycles. The van der Waals surface area contributed by atoms with Gasteiger partial charge in [-0.15, -0.1) is 0 Å². The lowest BCUT2D eigenvalue weighted by Gasteiger charge is -2.09. The van der Waals surface area contributed by atoms with Crippen molar-refractivity contribution in [3.8, 4) is 0 Å². The number of aromatic nitrogens is 2. The van der Waals surface area contributed by atoms with E-state index in [4.69, 9.17) is 11.5 Å². The van der Waals surface area contributed by atoms with Crippen molar-refractivity contribution in [2.24, 2.45) is 5.73 Å². The van der Waals surface area contributed by atoms with Gasteiger partial charge in [-0.3, -0.25) is 4.79 Å². The van der Waals surface area contributed by atoms with Crippen molar-refractivity contribution in [3.05, 3.63) is 41.9 Å². The summed E-state index contributed by atoms with van der Waals surface area (Å²) in [5.74, 6) is 0.0771. The Hall–Kier alpha value is -2.63. The summed E-state index contributed by atoms with van der Waals surface area (Å²) in [5, 5.41) is 3.05. The van der Waals surface area contributed by atoms with Crippen LogP contribution in [0, 0.1) is 6.92 Å². The summed E-state index contributed by atoms with van der Waals surface area (Å²) in [5.41, 5.74) is 13.4. The fourth-order valence-electron chi connectivity index (χ4n) is 1.44. The molecule has 18 heavy (non-hydrogen) atoms. The van der Waals surface area contributed by atoms with E-state index in [2.05, 4.69) is 15.3 Å². The predicted octanol–water partition coefficient (Wildman–Crippen LogP) is 1.21. The van der Waals surface area contributed by atoms with E-state index in [-0.39, 0.29) is 0 Å². The molecule has 2 rings (SSSR count). The van der Waals surface area contributed by atoms with Gasteiger partial charge in [0.15, 0.2) is 5.82 Å². The van der Waals surface area contributed by atoms with Gasteiger partial charge < -0.3 is 16.8 Å². The van der Waals surface area contributed by atoms with Crippen LogP contribution < -0.4 is 16.8 Å². The monoisotopic (exact) mass is 243 g/mol. The summed E-state index contributed by atoms with van der Waals surface area (Å²) in [6.45, 7) is 1.80. The fraction of sp³-hybridized carbons (Fsp3) is 0.0833. The zero-order chi connectivity index (χ0) is 13.1. The van der Waals surface area contributed by atoms with Crippen molar-refractivity contribution in [1.82, 2.24) is 9.97 Å². The molecule has 0 saturated heterocycles. The van der Waals surface area contributed by atoms with Crippen LogP contribution in [0.25, 0.3) is 0 Å². The van der Waals surface area contributed by atoms with E-state index in [1.807, 2.05) is 0 Å². The van der Waals surface area contributed by atoms with Crippen LogP contribution in [-0.2, 0) is 0 Å². The minimum absolute atomic E-state index is 0.451. The van der Waals surface area contributed by atoms with Crippen LogP contribution in [0.4, 0.5) is 17.2 Å². The lowest BCUT2D eigenvalue weighted by atomic mass is 10.2. The molecule has 0 unspecified atom stereocenters. The van der Waals surface area contributed by atoms with E-state index in [0.29, 0.717) is 22.8 Å². The smallest absolute Gasteiger partial charge is 0.248 e. The van der Waals surface area contributed by atoms with Crippen LogP contribution in [-0.4, -0.2) is 15.9 Å². The number of anilines is 3. The standard InChI is InChI=1S/C12H13N5O/c1-7-10(13)12(16-6-15-7)17-9-4-2-8(3-5-9)11(14)18/h2-6H,13H2,1H3,(H2,14,18)(H,15,16,17). The van der Waals surface area contributed by atoms with E-state index in [1.54, 1.807) is 31.2 Å². The number of primary amides is 1. The lowest BCUT2D eigenvalue weighted by Crippen LogP contribution is -2.10. The number of aryl methyl sites for hydroxylation is 1. The second-order valence-corrected chi connectivity index (χ2v) is 3.79. The van der Waals surface area contributed by atoms with Crippen molar-refractivity contribution in [1.29, 1.82) is 0 Å². The Morgan fingerprint density at radius 3 is 2.50 bits per heavy atom. The molecule has 1 amide bonds. The Morgan fingerprint density at radius 2 is 1.89 bits per heavy atom. The molecule has 6 nitrogen and oxygen atoms in total. The second-order valence-electron chi connectivity index (χ2n) is 3.79. The number of carbonyl (C=O) groups excluding carboxylic acids is 1. The summed E-state index contributed by atoms with van der Waals surface area (Å²) in [7, 11) is 0. The van der Waals surface area contributed by atoms with Gasteiger partial charge in [0.25, 0.3) is 0 Å². The molecular formula is C12H13N5O. The molecule has 1 aromatic heterocycles. The maximum atomic E-state index is 10.9. The Balaban J connectivity index is 2.24. The Morgan fingerprint density at radius 1 is 1.22 bits per heavy atom. The highest BCUT2D eigenvalue weighted by molar-refractivity contribution is 5.93. The topological polar surface area (TPSA) is 107 Å². The summed E-state index contributed by atoms with van der Waals surface area (Å²) >= 11 is 0. The molecule has 0 aliphatic rings. The summed E-state index contributed by atoms with van der Waals surface area (Å²) in [6.07, 6.45) is 1.44. The van der Waals surface area contributed by atoms with Gasteiger partial charge in [-0.25, -0.2) is 9.97 Å². The number of nitrogens with two attached hydrogens (primary N) is 2. The van der Waals surface area contributed by atoms with E-state index < -0.39 is 5.91 Å². The molecule has 1 heterocycles. The Labute approximate surface area is 104 Å². The van der Waals surface area contributed by atoms with Gasteiger partial charge in [0.2, 0.25) is 5.91 Å². The van der Waals surface area contributed by atoms with Crippen LogP contribution in [0.5, 0.6) is 0 Å². The third kappa shape index (κ3) is 2.37. The number of benzene rings is 1. The van der Waals surface area contributed by atoms with Crippen molar-refractivity contribution in [2.75, 3.05) is 11.1 Å². The van der Waals surface area contributed by atoms with Crippen LogP contribution in [0.15, 0.2) is 30.6 Å². The molecule has 2 aromatic rings. The number of carbonyl (C=O) groups is 1. The van der Waals surface area contributed by atoms with Crippen molar-refractivity contribution < 1.29 is 4.79 Å². The minimum atomic E-state index is -0.459. The van der Waals surface area contributed by atoms with Gasteiger partial charge in [0.05, 0.1) is 11.4 Å². The highest BCUT2D eigenvalue weighted by Crippen LogP contribution is 2.21. The number of nitrogens with one attached hydrogen (secondary N) is 1. The van der Waals surface area contributed by atoms with Crippen molar-refractivity contribution in [2.45, 2.75) is 6.92 Å². The van der Waals surface area contributed by atoms with Gasteiger partial charge in [0, 0.05) is 11.3 Å². The molecule has 0 bridgehead atoms. The average Bonchev–Trinajstić information content (AvgIpc) is 2.36. The van der Waals surface area contributed by atoms with Crippen LogP contribution in [0.1, 0.15) is 16.1 Å². The van der Waals surface area contributed by atoms with Crippen molar-refractivity contribution >= 4 is 23.1 Å². The van der Waals surface area contributed by atoms with E-state index >= 15 is 0 Å². The molecule has 92 valence electrons. The first-order chi connectivity index (χ1) is 8.58. The summed E-state index contributed by atoms with van der Waals surface area (Å²) in [6, 6.07) is 6.73. The predicted molar refractivity (Wildman–Crippen MR) is 69.4 cm³/mol. The molecule has 0 fully saturated rings. The zero-order valence-electron chi connectivity index (χ0n) is 9.84. The molecule has 5 N–H and O–H groups in total. The molecule has 0 aliphatic carbocycles. The number of hydrogen-bond acceptors (Lipinski definition) is 5. The first-order valence-electron chi connectivity index (χ1n) is 5.32. The number of rotatable bonds is 3. The Bertz CT molecular complexity index is 580. The van der Waals surface area contributed by atoms with Gasteiger partial charge in [0.1, 0.15) is 6.33 Å². The quantitative estimate of drug-likeness (QED) is 0.751. The first kappa shape index (κ1) is 11.8. The molecule has 6 heteroatoms. The van der Waals surface area contributed by atoms with Gasteiger partial charge >= 0.3 is 0 Å². The average molecular weight is 243 g/mol. The van der Waals surface area contributed by atoms with Gasteiger partial charge in [-0.1, -0.05) is 0 Å². The maximum absolute atomic E-state index is 10.9. The molecule has 0 atom stereocenters. The summed E-state index contributed by atoms with van der Waals surface area (Å²) in [4.78, 5) is 19.0. The largest absolute Gasteiger partial charge is 0.394 e. The fourth-order valence-corrected chi connectivity index (χ4v) is 1.44. The Kier molecular flexibility index (Phi) is 3.09. The molecule has 1 aromatic carbocycles. The van der Waals surface area contributed by atoms with E-state index in [0.717, 1.165) is 5.69 Å². The highest BCUT2D eigenvalue weighted by Gasteiger charge is 2.05. The van der Waals surface area contributed by atoms with Gasteiger partial charge in [-0.05, 0) is 31.2 Å². The molecule has 0 aliphatic heterocycles. The molecule has 0 radical (unpaired) electrons. The lowest BCUT2D eigenvalue weighted by molar-refractivity contribution is 0.100. The number of nitrogens with zero attached hydrogens (tertiary/aromatic N) is 2. The normalized spacial score (nSPS) is 10.1. The van der Waals surface area contributed by atoms with Crippen LogP contribution >= 0.6 is 0 Å². The molecular weight excluding hydrogens is 230 g/mol. The number of hydrogen-bond donors (Lipinski definition) is 3. The SMILES string of the molecule is Cc1ncnc(Nc2ccc(C(N)=O)cc2)c1N.